The van der Waals surface area contributed by atoms with Gasteiger partial charge in [-0.05, 0) is 55.6 Å². The highest BCUT2D eigenvalue weighted by Gasteiger charge is 2.14. The van der Waals surface area contributed by atoms with Crippen LogP contribution in [-0.2, 0) is 4.79 Å². The van der Waals surface area contributed by atoms with Crippen LogP contribution in [0, 0.1) is 0 Å². The van der Waals surface area contributed by atoms with Gasteiger partial charge in [-0.25, -0.2) is 4.79 Å². The van der Waals surface area contributed by atoms with E-state index in [-0.39, 0.29) is 5.57 Å². The highest BCUT2D eigenvalue weighted by atomic mass is 16.5. The minimum atomic E-state index is -1.02. The Labute approximate surface area is 159 Å². The largest absolute Gasteiger partial charge is 0.493 e. The summed E-state index contributed by atoms with van der Waals surface area (Å²) in [5.74, 6) is 0.752. The number of carbonyl (C=O) groups is 1. The number of carboxylic acids is 1. The van der Waals surface area contributed by atoms with E-state index in [1.807, 2.05) is 43.3 Å². The molecule has 0 aliphatic rings. The molecule has 144 valence electrons. The van der Waals surface area contributed by atoms with Crippen molar-refractivity contribution in [3.8, 4) is 17.2 Å². The van der Waals surface area contributed by atoms with Crippen molar-refractivity contribution >= 4 is 17.6 Å². The normalized spacial score (nSPS) is 11.4. The zero-order valence-corrected chi connectivity index (χ0v) is 16.1. The smallest absolute Gasteiger partial charge is 0.336 e. The number of nitrogens with zero attached hydrogens (tertiary/aromatic N) is 1. The van der Waals surface area contributed by atoms with E-state index in [9.17, 15) is 9.90 Å². The Kier molecular flexibility index (Phi) is 7.25. The van der Waals surface area contributed by atoms with E-state index in [1.165, 1.54) is 14.2 Å². The molecular formula is C21H25NO5. The standard InChI is InChI=1S/C21H25NO5/c1-22(2)11-12-27-17-8-5-15(6-9-17)13-18(21(23)24)16-7-10-19(25-3)20(14-16)26-4/h5-10,13-14H,11-12H2,1-4H3,(H,23,24)/b18-13-. The van der Waals surface area contributed by atoms with Crippen molar-refractivity contribution in [1.29, 1.82) is 0 Å². The van der Waals surface area contributed by atoms with Crippen LogP contribution in [0.3, 0.4) is 0 Å². The molecule has 0 unspecified atom stereocenters. The third kappa shape index (κ3) is 5.76. The van der Waals surface area contributed by atoms with Gasteiger partial charge >= 0.3 is 5.97 Å². The molecule has 0 aliphatic carbocycles. The van der Waals surface area contributed by atoms with Crippen LogP contribution < -0.4 is 14.2 Å². The summed E-state index contributed by atoms with van der Waals surface area (Å²) in [4.78, 5) is 13.8. The molecule has 0 spiro atoms. The number of hydrogen-bond acceptors (Lipinski definition) is 5. The van der Waals surface area contributed by atoms with Crippen LogP contribution in [0.15, 0.2) is 42.5 Å². The van der Waals surface area contributed by atoms with Gasteiger partial charge in [0, 0.05) is 6.54 Å². The van der Waals surface area contributed by atoms with Crippen molar-refractivity contribution in [2.45, 2.75) is 0 Å². The number of carboxylic acid groups (broad SMARTS) is 1. The topological polar surface area (TPSA) is 68.2 Å². The highest BCUT2D eigenvalue weighted by Crippen LogP contribution is 2.31. The molecular weight excluding hydrogens is 346 g/mol. The Morgan fingerprint density at radius 3 is 2.26 bits per heavy atom. The molecule has 0 amide bonds. The number of methoxy groups -OCH3 is 2. The number of hydrogen-bond donors (Lipinski definition) is 1. The molecule has 0 atom stereocenters. The zero-order chi connectivity index (χ0) is 19.8. The average Bonchev–Trinajstić information content (AvgIpc) is 2.66. The van der Waals surface area contributed by atoms with Crippen LogP contribution in [0.1, 0.15) is 11.1 Å². The molecule has 0 bridgehead atoms. The first-order chi connectivity index (χ1) is 12.9. The van der Waals surface area contributed by atoms with Crippen molar-refractivity contribution in [1.82, 2.24) is 4.90 Å². The van der Waals surface area contributed by atoms with Crippen molar-refractivity contribution in [3.05, 3.63) is 53.6 Å². The predicted octanol–water partition coefficient (Wildman–Crippen LogP) is 3.27. The second kappa shape index (κ2) is 9.64. The van der Waals surface area contributed by atoms with Gasteiger partial charge in [0.2, 0.25) is 0 Å². The number of aliphatic carboxylic acids is 1. The minimum absolute atomic E-state index is 0.164. The molecule has 0 saturated heterocycles. The second-order valence-electron chi connectivity index (χ2n) is 6.15. The van der Waals surface area contributed by atoms with E-state index in [0.717, 1.165) is 17.9 Å². The molecule has 6 heteroatoms. The van der Waals surface area contributed by atoms with Gasteiger partial charge in [0.15, 0.2) is 11.5 Å². The van der Waals surface area contributed by atoms with Gasteiger partial charge in [0.1, 0.15) is 12.4 Å². The first-order valence-electron chi connectivity index (χ1n) is 8.49. The Balaban J connectivity index is 2.24. The third-order valence-corrected chi connectivity index (χ3v) is 3.92. The van der Waals surface area contributed by atoms with E-state index in [0.29, 0.717) is 23.7 Å². The Bertz CT molecular complexity index is 797. The SMILES string of the molecule is COc1ccc(/C(=C/c2ccc(OCCN(C)C)cc2)C(=O)O)cc1OC. The predicted molar refractivity (Wildman–Crippen MR) is 106 cm³/mol. The van der Waals surface area contributed by atoms with Crippen LogP contribution in [0.2, 0.25) is 0 Å². The van der Waals surface area contributed by atoms with E-state index in [1.54, 1.807) is 24.3 Å². The van der Waals surface area contributed by atoms with Crippen LogP contribution in [0.25, 0.3) is 11.6 Å². The second-order valence-corrected chi connectivity index (χ2v) is 6.15. The first-order valence-corrected chi connectivity index (χ1v) is 8.49. The van der Waals surface area contributed by atoms with E-state index in [4.69, 9.17) is 14.2 Å². The number of benzene rings is 2. The molecule has 0 fully saturated rings. The highest BCUT2D eigenvalue weighted by molar-refractivity contribution is 6.20. The van der Waals surface area contributed by atoms with Crippen molar-refractivity contribution in [2.75, 3.05) is 41.5 Å². The summed E-state index contributed by atoms with van der Waals surface area (Å²) in [6, 6.07) is 12.3. The van der Waals surface area contributed by atoms with E-state index >= 15 is 0 Å². The van der Waals surface area contributed by atoms with Gasteiger partial charge in [-0.1, -0.05) is 18.2 Å². The third-order valence-electron chi connectivity index (χ3n) is 3.92. The maximum absolute atomic E-state index is 11.8. The lowest BCUT2D eigenvalue weighted by atomic mass is 10.0. The molecule has 6 nitrogen and oxygen atoms in total. The lowest BCUT2D eigenvalue weighted by molar-refractivity contribution is -0.130. The van der Waals surface area contributed by atoms with Crippen molar-refractivity contribution in [2.24, 2.45) is 0 Å². The Hall–Kier alpha value is -2.99. The summed E-state index contributed by atoms with van der Waals surface area (Å²) in [5, 5.41) is 9.63. The Morgan fingerprint density at radius 2 is 1.70 bits per heavy atom. The lowest BCUT2D eigenvalue weighted by Crippen LogP contribution is -2.19. The maximum Gasteiger partial charge on any atom is 0.336 e. The molecule has 0 heterocycles. The van der Waals surface area contributed by atoms with Gasteiger partial charge < -0.3 is 24.2 Å². The molecule has 0 aromatic heterocycles. The van der Waals surface area contributed by atoms with Gasteiger partial charge in [0.25, 0.3) is 0 Å². The summed E-state index contributed by atoms with van der Waals surface area (Å²) in [6.07, 6.45) is 1.62. The van der Waals surface area contributed by atoms with Crippen molar-refractivity contribution in [3.63, 3.8) is 0 Å². The number of rotatable bonds is 9. The molecule has 1 N–H and O–H groups in total. The number of likely N-dealkylation sites (N-methyl/N-ethyl adjacent to an activating group) is 1. The summed E-state index contributed by atoms with van der Waals surface area (Å²) in [6.45, 7) is 1.42. The Morgan fingerprint density at radius 1 is 1.04 bits per heavy atom. The number of ether oxygens (including phenoxy) is 3. The van der Waals surface area contributed by atoms with Gasteiger partial charge in [-0.15, -0.1) is 0 Å². The van der Waals surface area contributed by atoms with Crippen LogP contribution in [0.4, 0.5) is 0 Å². The van der Waals surface area contributed by atoms with Crippen molar-refractivity contribution < 1.29 is 24.1 Å². The average molecular weight is 371 g/mol. The summed E-state index contributed by atoms with van der Waals surface area (Å²) in [5.41, 5.74) is 1.46. The zero-order valence-electron chi connectivity index (χ0n) is 16.1. The minimum Gasteiger partial charge on any atom is -0.493 e. The summed E-state index contributed by atoms with van der Waals surface area (Å²) < 4.78 is 16.1. The fraction of sp³-hybridized carbons (Fsp3) is 0.286. The molecule has 0 radical (unpaired) electrons. The van der Waals surface area contributed by atoms with Crippen LogP contribution in [0.5, 0.6) is 17.2 Å². The summed E-state index contributed by atoms with van der Waals surface area (Å²) >= 11 is 0. The molecule has 0 aliphatic heterocycles. The van der Waals surface area contributed by atoms with Crippen LogP contribution in [-0.4, -0.2) is 57.4 Å². The fourth-order valence-electron chi connectivity index (χ4n) is 2.45. The van der Waals surface area contributed by atoms with Crippen LogP contribution >= 0.6 is 0 Å². The van der Waals surface area contributed by atoms with Gasteiger partial charge in [-0.2, -0.15) is 0 Å². The van der Waals surface area contributed by atoms with E-state index < -0.39 is 5.97 Å². The monoisotopic (exact) mass is 371 g/mol. The molecule has 27 heavy (non-hydrogen) atoms. The molecule has 0 saturated carbocycles. The quantitative estimate of drug-likeness (QED) is 0.539. The first kappa shape index (κ1) is 20.3. The summed E-state index contributed by atoms with van der Waals surface area (Å²) in [7, 11) is 7.02. The molecule has 2 rings (SSSR count). The lowest BCUT2D eigenvalue weighted by Gasteiger charge is -2.11. The van der Waals surface area contributed by atoms with Gasteiger partial charge in [-0.3, -0.25) is 0 Å². The van der Waals surface area contributed by atoms with E-state index in [2.05, 4.69) is 0 Å². The fourth-order valence-corrected chi connectivity index (χ4v) is 2.45. The van der Waals surface area contributed by atoms with Gasteiger partial charge in [0.05, 0.1) is 19.8 Å². The molecule has 2 aromatic carbocycles. The molecule has 2 aromatic rings. The maximum atomic E-state index is 11.8.